The molecule has 0 aliphatic heterocycles. The Hall–Kier alpha value is -5.52. The van der Waals surface area contributed by atoms with Crippen LogP contribution in [-0.2, 0) is 22.3 Å². The van der Waals surface area contributed by atoms with Gasteiger partial charge in [0.25, 0.3) is 0 Å². The van der Waals surface area contributed by atoms with Crippen LogP contribution in [0, 0.1) is 23.7 Å². The van der Waals surface area contributed by atoms with Gasteiger partial charge in [-0.25, -0.2) is 24.5 Å². The minimum Gasteiger partial charge on any atom is -0.444 e. The van der Waals surface area contributed by atoms with E-state index in [9.17, 15) is 9.59 Å². The Labute approximate surface area is 327 Å². The second kappa shape index (κ2) is 14.2. The minimum absolute atomic E-state index is 0.135. The van der Waals surface area contributed by atoms with Gasteiger partial charge in [0.15, 0.2) is 0 Å². The molecule has 0 unspecified atom stereocenters. The SMILES string of the molecule is C[C@@H]1[C@H](CCc2nc3ccc(-c4ccc5nc(-c6ccc7nc(CC[C@H]8[C@@H](C)[C@H]8NC(=O)OC(C)(C)C)[nH]c7c6)cnc5c4)cc3[nH]2)[C@@H]1NC(=O)OC(C)(C)C. The quantitative estimate of drug-likeness (QED) is 0.108. The van der Waals surface area contributed by atoms with Crippen LogP contribution in [0.2, 0.25) is 0 Å². The summed E-state index contributed by atoms with van der Waals surface area (Å²) in [7, 11) is 0. The number of amides is 2. The molecule has 2 fully saturated rings. The second-order valence-corrected chi connectivity index (χ2v) is 17.8. The fraction of sp³-hybridized carbons (Fsp3) is 0.455. The van der Waals surface area contributed by atoms with Crippen LogP contribution in [0.1, 0.15) is 79.9 Å². The maximum Gasteiger partial charge on any atom is 0.407 e. The molecule has 2 amide bonds. The van der Waals surface area contributed by atoms with E-state index in [1.54, 1.807) is 0 Å². The van der Waals surface area contributed by atoms with Crippen LogP contribution in [0.4, 0.5) is 9.59 Å². The average molecular weight is 757 g/mol. The van der Waals surface area contributed by atoms with Crippen LogP contribution in [-0.4, -0.2) is 65.4 Å². The highest BCUT2D eigenvalue weighted by Gasteiger charge is 2.48. The lowest BCUT2D eigenvalue weighted by Crippen LogP contribution is -2.34. The highest BCUT2D eigenvalue weighted by molar-refractivity contribution is 5.87. The number of fused-ring (bicyclic) bond motifs is 3. The van der Waals surface area contributed by atoms with Crippen molar-refractivity contribution in [3.63, 3.8) is 0 Å². The topological polar surface area (TPSA) is 160 Å². The van der Waals surface area contributed by atoms with E-state index < -0.39 is 11.2 Å². The number of nitrogens with one attached hydrogen (secondary N) is 4. The van der Waals surface area contributed by atoms with Crippen LogP contribution in [0.5, 0.6) is 0 Å². The van der Waals surface area contributed by atoms with Gasteiger partial charge < -0.3 is 30.1 Å². The molecule has 12 nitrogen and oxygen atoms in total. The summed E-state index contributed by atoms with van der Waals surface area (Å²) in [4.78, 5) is 51.0. The van der Waals surface area contributed by atoms with Crippen molar-refractivity contribution >= 4 is 45.3 Å². The van der Waals surface area contributed by atoms with E-state index in [-0.39, 0.29) is 24.3 Å². The summed E-state index contributed by atoms with van der Waals surface area (Å²) in [6.07, 6.45) is 4.61. The van der Waals surface area contributed by atoms with Gasteiger partial charge in [0.1, 0.15) is 22.9 Å². The first-order valence-electron chi connectivity index (χ1n) is 19.8. The molecule has 0 saturated heterocycles. The first-order chi connectivity index (χ1) is 26.6. The third kappa shape index (κ3) is 8.34. The molecule has 3 aromatic heterocycles. The molecule has 12 heteroatoms. The van der Waals surface area contributed by atoms with Crippen molar-refractivity contribution in [3.8, 4) is 22.4 Å². The molecule has 2 saturated carbocycles. The monoisotopic (exact) mass is 756 g/mol. The number of carbonyl (C=O) groups is 2. The Morgan fingerprint density at radius 1 is 0.625 bits per heavy atom. The van der Waals surface area contributed by atoms with Crippen molar-refractivity contribution in [2.45, 2.75) is 104 Å². The Balaban J connectivity index is 0.887. The van der Waals surface area contributed by atoms with Crippen molar-refractivity contribution in [2.24, 2.45) is 23.7 Å². The smallest absolute Gasteiger partial charge is 0.407 e. The molecule has 2 aliphatic carbocycles. The minimum atomic E-state index is -0.510. The third-order valence-electron chi connectivity index (χ3n) is 11.2. The van der Waals surface area contributed by atoms with Crippen LogP contribution >= 0.6 is 0 Å². The number of hydrogen-bond donors (Lipinski definition) is 4. The molecule has 8 rings (SSSR count). The number of aryl methyl sites for hydroxylation is 2. The first kappa shape index (κ1) is 37.4. The lowest BCUT2D eigenvalue weighted by atomic mass is 10.0. The molecular formula is C44H52N8O4. The molecule has 0 bridgehead atoms. The van der Waals surface area contributed by atoms with Crippen LogP contribution in [0.3, 0.4) is 0 Å². The zero-order chi connectivity index (χ0) is 39.5. The van der Waals surface area contributed by atoms with Crippen molar-refractivity contribution in [1.82, 2.24) is 40.5 Å². The van der Waals surface area contributed by atoms with Gasteiger partial charge in [-0.05, 0) is 126 Å². The predicted octanol–water partition coefficient (Wildman–Crippen LogP) is 8.90. The molecule has 3 heterocycles. The lowest BCUT2D eigenvalue weighted by molar-refractivity contribution is 0.0507. The maximum absolute atomic E-state index is 12.2. The summed E-state index contributed by atoms with van der Waals surface area (Å²) in [6.45, 7) is 15.6. The summed E-state index contributed by atoms with van der Waals surface area (Å²) in [5.74, 6) is 3.52. The largest absolute Gasteiger partial charge is 0.444 e. The highest BCUT2D eigenvalue weighted by Crippen LogP contribution is 2.43. The van der Waals surface area contributed by atoms with E-state index in [1.807, 2.05) is 65.9 Å². The summed E-state index contributed by atoms with van der Waals surface area (Å²) in [5, 5.41) is 6.06. The van der Waals surface area contributed by atoms with Crippen molar-refractivity contribution in [3.05, 3.63) is 72.4 Å². The molecule has 292 valence electrons. The molecule has 6 atom stereocenters. The number of benzene rings is 3. The number of rotatable bonds is 10. The van der Waals surface area contributed by atoms with Gasteiger partial charge >= 0.3 is 12.2 Å². The molecule has 0 spiro atoms. The molecule has 6 aromatic rings. The molecule has 56 heavy (non-hydrogen) atoms. The van der Waals surface area contributed by atoms with Crippen molar-refractivity contribution in [1.29, 1.82) is 0 Å². The fourth-order valence-electron chi connectivity index (χ4n) is 7.98. The van der Waals surface area contributed by atoms with Crippen molar-refractivity contribution < 1.29 is 19.1 Å². The van der Waals surface area contributed by atoms with E-state index in [0.717, 1.165) is 92.8 Å². The van der Waals surface area contributed by atoms with Gasteiger partial charge in [-0.1, -0.05) is 32.0 Å². The van der Waals surface area contributed by atoms with Gasteiger partial charge in [0, 0.05) is 30.5 Å². The number of imidazole rings is 2. The van der Waals surface area contributed by atoms with E-state index in [1.165, 1.54) is 0 Å². The summed E-state index contributed by atoms with van der Waals surface area (Å²) in [5.41, 5.74) is 8.31. The van der Waals surface area contributed by atoms with Crippen LogP contribution in [0.25, 0.3) is 55.5 Å². The number of ether oxygens (including phenoxy) is 2. The Kier molecular flexibility index (Phi) is 9.49. The van der Waals surface area contributed by atoms with E-state index in [2.05, 4.69) is 70.8 Å². The van der Waals surface area contributed by atoms with Crippen LogP contribution < -0.4 is 10.6 Å². The fourth-order valence-corrected chi connectivity index (χ4v) is 7.98. The molecule has 2 aliphatic rings. The second-order valence-electron chi connectivity index (χ2n) is 17.8. The molecule has 4 N–H and O–H groups in total. The Morgan fingerprint density at radius 3 is 1.61 bits per heavy atom. The zero-order valence-corrected chi connectivity index (χ0v) is 33.5. The lowest BCUT2D eigenvalue weighted by Gasteiger charge is -2.19. The number of nitrogens with zero attached hydrogens (tertiary/aromatic N) is 4. The zero-order valence-electron chi connectivity index (χ0n) is 33.5. The molecular weight excluding hydrogens is 705 g/mol. The van der Waals surface area contributed by atoms with Crippen molar-refractivity contribution in [2.75, 3.05) is 0 Å². The third-order valence-corrected chi connectivity index (χ3v) is 11.2. The van der Waals surface area contributed by atoms with E-state index >= 15 is 0 Å². The maximum atomic E-state index is 12.2. The standard InChI is InChI=1S/C44H52N8O4/c1-23-28(39(23)51-41(53)55-43(3,4)5)12-17-37-47-31-15-10-26(20-34(31)49-37)25-9-14-30-33(19-25)45-22-36(46-30)27-11-16-32-35(21-27)50-38(48-32)18-13-29-24(2)40(29)52-42(54)56-44(6,7)8/h9-11,14-16,19-24,28-29,39-40H,12-13,17-18H2,1-8H3,(H,47,49)(H,48,50)(H,51,53)(H,52,54)/t23-,24-,28+,29+,39-,40-/m1/s1. The molecule has 3 aromatic carbocycles. The summed E-state index contributed by atoms with van der Waals surface area (Å²) in [6, 6.07) is 18.9. The van der Waals surface area contributed by atoms with E-state index in [0.29, 0.717) is 23.7 Å². The van der Waals surface area contributed by atoms with Gasteiger partial charge in [-0.3, -0.25) is 4.98 Å². The van der Waals surface area contributed by atoms with Crippen LogP contribution in [0.15, 0.2) is 60.8 Å². The van der Waals surface area contributed by atoms with Gasteiger partial charge in [0.05, 0.1) is 45.0 Å². The molecule has 0 radical (unpaired) electrons. The number of carbonyl (C=O) groups excluding carboxylic acids is 2. The Bertz CT molecular complexity index is 2270. The van der Waals surface area contributed by atoms with E-state index in [4.69, 9.17) is 29.4 Å². The number of aromatic amines is 2. The highest BCUT2D eigenvalue weighted by atomic mass is 16.6. The number of aromatic nitrogens is 6. The van der Waals surface area contributed by atoms with Gasteiger partial charge in [-0.15, -0.1) is 0 Å². The number of H-pyrrole nitrogens is 2. The normalized spacial score (nSPS) is 22.0. The van der Waals surface area contributed by atoms with Gasteiger partial charge in [-0.2, -0.15) is 0 Å². The first-order valence-corrected chi connectivity index (χ1v) is 19.8. The summed E-state index contributed by atoms with van der Waals surface area (Å²) >= 11 is 0. The average Bonchev–Trinajstić information content (AvgIpc) is 3.71. The number of alkyl carbamates (subject to hydrolysis) is 2. The predicted molar refractivity (Wildman–Crippen MR) is 218 cm³/mol. The number of hydrogen-bond acceptors (Lipinski definition) is 8. The summed E-state index contributed by atoms with van der Waals surface area (Å²) < 4.78 is 10.9. The Morgan fingerprint density at radius 2 is 1.09 bits per heavy atom. The van der Waals surface area contributed by atoms with Gasteiger partial charge in [0.2, 0.25) is 0 Å².